The molecule has 5 heterocycles. The van der Waals surface area contributed by atoms with Gasteiger partial charge in [-0.25, -0.2) is 4.98 Å². The maximum Gasteiger partial charge on any atom is 0.416 e. The van der Waals surface area contributed by atoms with Crippen LogP contribution >= 0.6 is 0 Å². The van der Waals surface area contributed by atoms with Crippen molar-refractivity contribution in [1.82, 2.24) is 14.9 Å². The first-order valence-corrected chi connectivity index (χ1v) is 14.8. The van der Waals surface area contributed by atoms with Crippen LogP contribution in [0.15, 0.2) is 55.1 Å². The normalized spacial score (nSPS) is 21.2. The second kappa shape index (κ2) is 11.5. The number of halogens is 3. The van der Waals surface area contributed by atoms with E-state index in [9.17, 15) is 32.7 Å². The van der Waals surface area contributed by atoms with Crippen LogP contribution in [0.5, 0.6) is 0 Å². The van der Waals surface area contributed by atoms with Gasteiger partial charge in [0, 0.05) is 37.2 Å². The zero-order valence-electron chi connectivity index (χ0n) is 25.6. The number of carbonyl (C=O) groups is 3. The Morgan fingerprint density at radius 2 is 1.89 bits per heavy atom. The average molecular weight is 635 g/mol. The van der Waals surface area contributed by atoms with E-state index in [0.717, 1.165) is 33.8 Å². The zero-order valence-corrected chi connectivity index (χ0v) is 25.6. The zero-order chi connectivity index (χ0) is 33.1. The van der Waals surface area contributed by atoms with Crippen LogP contribution in [0.25, 0.3) is 0 Å². The van der Waals surface area contributed by atoms with Crippen LogP contribution < -0.4 is 14.7 Å². The van der Waals surface area contributed by atoms with Gasteiger partial charge in [-0.1, -0.05) is 24.8 Å². The van der Waals surface area contributed by atoms with E-state index < -0.39 is 41.6 Å². The van der Waals surface area contributed by atoms with E-state index in [-0.39, 0.29) is 50.1 Å². The summed E-state index contributed by atoms with van der Waals surface area (Å²) in [7, 11) is 1.60. The molecule has 1 aromatic carbocycles. The largest absolute Gasteiger partial charge is 0.416 e. The highest BCUT2D eigenvalue weighted by atomic mass is 19.4. The van der Waals surface area contributed by atoms with E-state index in [4.69, 9.17) is 4.98 Å². The van der Waals surface area contributed by atoms with Crippen LogP contribution in [-0.4, -0.2) is 63.9 Å². The van der Waals surface area contributed by atoms with E-state index in [0.29, 0.717) is 17.1 Å². The lowest BCUT2D eigenvalue weighted by molar-refractivity contribution is -0.137. The number of hydrogen-bond acceptors (Lipinski definition) is 7. The summed E-state index contributed by atoms with van der Waals surface area (Å²) in [5, 5.41) is 10.00. The lowest BCUT2D eigenvalue weighted by atomic mass is 9.94. The monoisotopic (exact) mass is 634 g/mol. The number of aromatic nitrogens is 2. The Bertz CT molecular complexity index is 1760. The summed E-state index contributed by atoms with van der Waals surface area (Å²) >= 11 is 0. The van der Waals surface area contributed by atoms with E-state index >= 15 is 0 Å². The number of nitrogens with zero attached hydrogens (tertiary/aromatic N) is 6. The predicted octanol–water partition coefficient (Wildman–Crippen LogP) is 4.08. The number of aliphatic hydroxyl groups excluding tert-OH is 1. The van der Waals surface area contributed by atoms with Crippen LogP contribution in [0.4, 0.5) is 30.4 Å². The van der Waals surface area contributed by atoms with Gasteiger partial charge < -0.3 is 19.8 Å². The van der Waals surface area contributed by atoms with Gasteiger partial charge in [0.2, 0.25) is 17.7 Å². The van der Waals surface area contributed by atoms with Crippen molar-refractivity contribution >= 4 is 34.9 Å². The molecule has 1 fully saturated rings. The maximum atomic E-state index is 14.1. The number of para-hydroxylation sites is 1. The van der Waals surface area contributed by atoms with Crippen LogP contribution in [0.1, 0.15) is 46.2 Å². The third-order valence-corrected chi connectivity index (χ3v) is 8.98. The molecule has 0 spiro atoms. The number of fused-ring (bicyclic) bond motifs is 3. The molecule has 3 aliphatic heterocycles. The third kappa shape index (κ3) is 5.27. The second-order valence-electron chi connectivity index (χ2n) is 12.0. The molecule has 1 unspecified atom stereocenters. The van der Waals surface area contributed by atoms with Gasteiger partial charge in [-0.05, 0) is 49.8 Å². The predicted molar refractivity (Wildman–Crippen MR) is 164 cm³/mol. The minimum Gasteiger partial charge on any atom is -0.394 e. The number of likely N-dealkylation sites (N-methyl/N-ethyl adjacent to an activating group) is 1. The molecule has 10 nitrogen and oxygen atoms in total. The van der Waals surface area contributed by atoms with Crippen LogP contribution in [0.2, 0.25) is 0 Å². The summed E-state index contributed by atoms with van der Waals surface area (Å²) in [4.78, 5) is 55.3. The Labute approximate surface area is 263 Å². The Kier molecular flexibility index (Phi) is 7.83. The molecular weight excluding hydrogens is 601 g/mol. The quantitative estimate of drug-likeness (QED) is 0.422. The molecule has 2 aromatic heterocycles. The van der Waals surface area contributed by atoms with Crippen molar-refractivity contribution in [2.75, 3.05) is 34.9 Å². The number of carbonyl (C=O) groups excluding carboxylic acids is 3. The van der Waals surface area contributed by atoms with E-state index in [1.807, 2.05) is 36.1 Å². The summed E-state index contributed by atoms with van der Waals surface area (Å²) in [5.41, 5.74) is 3.44. The molecule has 3 aliphatic rings. The van der Waals surface area contributed by atoms with Crippen LogP contribution in [0, 0.1) is 19.8 Å². The van der Waals surface area contributed by atoms with Crippen molar-refractivity contribution < 1.29 is 32.7 Å². The minimum atomic E-state index is -4.66. The lowest BCUT2D eigenvalue weighted by Crippen LogP contribution is -2.52. The SMILES string of the molecule is C=CC(=O)N1Cc2nc(CN3C[C@H]4CC(=O)N(c5cc(C(F)(F)F)cc(C)n5)[C@@H]4C(=O)N(C)c4cccc(C)c43)ccc2C1CO. The number of amides is 3. The lowest BCUT2D eigenvalue weighted by Gasteiger charge is -2.39. The molecule has 0 bridgehead atoms. The van der Waals surface area contributed by atoms with Crippen molar-refractivity contribution in [2.45, 2.75) is 51.6 Å². The average Bonchev–Trinajstić information content (AvgIpc) is 3.54. The summed E-state index contributed by atoms with van der Waals surface area (Å²) < 4.78 is 41.2. The molecular formula is C33H33F3N6O4. The van der Waals surface area contributed by atoms with Crippen LogP contribution in [-0.2, 0) is 33.6 Å². The number of rotatable bonds is 5. The molecule has 3 aromatic rings. The van der Waals surface area contributed by atoms with Crippen molar-refractivity contribution in [1.29, 1.82) is 0 Å². The Morgan fingerprint density at radius 3 is 2.59 bits per heavy atom. The van der Waals surface area contributed by atoms with Gasteiger partial charge in [-0.15, -0.1) is 0 Å². The molecule has 13 heteroatoms. The summed E-state index contributed by atoms with van der Waals surface area (Å²) in [5.74, 6) is -1.99. The molecule has 1 saturated heterocycles. The van der Waals surface area contributed by atoms with Crippen molar-refractivity contribution in [2.24, 2.45) is 5.92 Å². The van der Waals surface area contributed by atoms with E-state index in [1.54, 1.807) is 13.1 Å². The highest BCUT2D eigenvalue weighted by Gasteiger charge is 2.49. The Balaban J connectivity index is 1.40. The van der Waals surface area contributed by atoms with Crippen molar-refractivity contribution in [3.8, 4) is 0 Å². The molecule has 46 heavy (non-hydrogen) atoms. The molecule has 0 saturated carbocycles. The summed E-state index contributed by atoms with van der Waals surface area (Å²) in [6.45, 7) is 7.37. The number of alkyl halides is 3. The number of hydrogen-bond donors (Lipinski definition) is 1. The fourth-order valence-electron chi connectivity index (χ4n) is 6.90. The van der Waals surface area contributed by atoms with Gasteiger partial charge in [0.05, 0.1) is 54.1 Å². The second-order valence-corrected chi connectivity index (χ2v) is 12.0. The van der Waals surface area contributed by atoms with Crippen molar-refractivity contribution in [3.63, 3.8) is 0 Å². The summed E-state index contributed by atoms with van der Waals surface area (Å²) in [6.07, 6.45) is -3.52. The molecule has 3 atom stereocenters. The number of pyridine rings is 2. The molecule has 1 N–H and O–H groups in total. The highest BCUT2D eigenvalue weighted by molar-refractivity contribution is 6.10. The van der Waals surface area contributed by atoms with Gasteiger partial charge >= 0.3 is 6.18 Å². The molecule has 240 valence electrons. The molecule has 6 rings (SSSR count). The first kappa shape index (κ1) is 31.2. The molecule has 0 aliphatic carbocycles. The number of aryl methyl sites for hydroxylation is 2. The standard InChI is InChI=1S/C33H33F3N6O4/c1-5-28(44)41-16-24-23(26(41)17-43)10-9-22(38-24)15-40-14-20-12-29(45)42(27-13-21(33(34,35)36)11-19(3)37-27)31(20)32(46)39(4)25-8-6-7-18(2)30(25)40/h5-11,13,20,26,31,43H,1,12,14-17H2,2-4H3/t20-,26?,31+/m1/s1. The number of aliphatic hydroxyl groups is 1. The van der Waals surface area contributed by atoms with Gasteiger partial charge in [0.1, 0.15) is 11.9 Å². The summed E-state index contributed by atoms with van der Waals surface area (Å²) in [6, 6.07) is 9.33. The van der Waals surface area contributed by atoms with Gasteiger partial charge in [0.25, 0.3) is 0 Å². The minimum absolute atomic E-state index is 0.0621. The Hall–Kier alpha value is -4.78. The van der Waals surface area contributed by atoms with Crippen molar-refractivity contribution in [3.05, 3.63) is 88.9 Å². The maximum absolute atomic E-state index is 14.1. The van der Waals surface area contributed by atoms with E-state index in [1.165, 1.54) is 22.8 Å². The first-order valence-electron chi connectivity index (χ1n) is 14.8. The fraction of sp³-hybridized carbons (Fsp3) is 0.364. The van der Waals surface area contributed by atoms with Gasteiger partial charge in [-0.3, -0.25) is 24.3 Å². The fourth-order valence-corrected chi connectivity index (χ4v) is 6.90. The van der Waals surface area contributed by atoms with Crippen LogP contribution in [0.3, 0.4) is 0 Å². The van der Waals surface area contributed by atoms with Gasteiger partial charge in [-0.2, -0.15) is 13.2 Å². The number of benzene rings is 1. The molecule has 0 radical (unpaired) electrons. The third-order valence-electron chi connectivity index (χ3n) is 8.98. The molecule has 3 amide bonds. The van der Waals surface area contributed by atoms with Gasteiger partial charge in [0.15, 0.2) is 0 Å². The van der Waals surface area contributed by atoms with E-state index in [2.05, 4.69) is 11.6 Å². The smallest absolute Gasteiger partial charge is 0.394 e. The Morgan fingerprint density at radius 1 is 1.13 bits per heavy atom. The first-order chi connectivity index (χ1) is 21.8. The highest BCUT2D eigenvalue weighted by Crippen LogP contribution is 2.42. The topological polar surface area (TPSA) is 110 Å². The number of anilines is 3.